The number of likely N-dealkylation sites (tertiary alicyclic amines) is 1. The maximum Gasteiger partial charge on any atom is 0.249 e. The maximum atomic E-state index is 13.9. The van der Waals surface area contributed by atoms with Crippen LogP contribution in [0.25, 0.3) is 22.8 Å². The minimum absolute atomic E-state index is 0. The number of halogens is 3. The molecular weight excluding hydrogens is 796 g/mol. The predicted molar refractivity (Wildman–Crippen MR) is 207 cm³/mol. The molecule has 0 radical (unpaired) electrons. The molecule has 5 aromatic rings. The summed E-state index contributed by atoms with van der Waals surface area (Å²) in [4.78, 5) is 23.9. The third kappa shape index (κ3) is 11.0. The summed E-state index contributed by atoms with van der Waals surface area (Å²) in [6.45, 7) is 1.52. The predicted octanol–water partition coefficient (Wildman–Crippen LogP) is 5.31. The van der Waals surface area contributed by atoms with Gasteiger partial charge in [-0.25, -0.2) is 21.2 Å². The first-order valence-corrected chi connectivity index (χ1v) is 20.8. The Balaban J connectivity index is 0.000000263. The zero-order chi connectivity index (χ0) is 37.8. The van der Waals surface area contributed by atoms with Crippen molar-refractivity contribution in [3.05, 3.63) is 96.0 Å². The highest BCUT2D eigenvalue weighted by atomic mass is 35.5. The number of carbonyl (C=O) groups is 1. The van der Waals surface area contributed by atoms with E-state index < -0.39 is 25.7 Å². The molecule has 2 aliphatic rings. The molecule has 4 heterocycles. The Morgan fingerprint density at radius 3 is 1.91 bits per heavy atom. The van der Waals surface area contributed by atoms with Gasteiger partial charge in [0.2, 0.25) is 29.3 Å². The molecule has 1 amide bonds. The zero-order valence-corrected chi connectivity index (χ0v) is 33.3. The lowest BCUT2D eigenvalue weighted by Crippen LogP contribution is -2.36. The fraction of sp³-hybridized carbons (Fsp3) is 0.361. The van der Waals surface area contributed by atoms with Crippen LogP contribution in [-0.4, -0.2) is 79.6 Å². The Morgan fingerprint density at radius 1 is 0.836 bits per heavy atom. The van der Waals surface area contributed by atoms with Crippen LogP contribution in [0, 0.1) is 5.82 Å². The normalized spacial score (nSPS) is 17.4. The lowest BCUT2D eigenvalue weighted by Gasteiger charge is -2.23. The summed E-state index contributed by atoms with van der Waals surface area (Å²) in [5.74, 6) is 1.24. The molecule has 0 saturated carbocycles. The van der Waals surface area contributed by atoms with Crippen molar-refractivity contribution in [1.82, 2.24) is 30.5 Å². The van der Waals surface area contributed by atoms with E-state index in [0.717, 1.165) is 37.6 Å². The summed E-state index contributed by atoms with van der Waals surface area (Å²) in [5.41, 5.74) is 7.98. The van der Waals surface area contributed by atoms with Gasteiger partial charge in [0.1, 0.15) is 11.9 Å². The van der Waals surface area contributed by atoms with Crippen molar-refractivity contribution in [3.63, 3.8) is 0 Å². The average Bonchev–Trinajstić information content (AvgIpc) is 3.96. The molecule has 2 aromatic heterocycles. The van der Waals surface area contributed by atoms with Crippen molar-refractivity contribution in [3.8, 4) is 22.8 Å². The number of hydrogen-bond donors (Lipinski definition) is 2. The van der Waals surface area contributed by atoms with E-state index in [4.69, 9.17) is 14.8 Å². The molecule has 3 aromatic carbocycles. The zero-order valence-electron chi connectivity index (χ0n) is 30.0. The summed E-state index contributed by atoms with van der Waals surface area (Å²) < 4.78 is 70.7. The Labute approximate surface area is 331 Å². The first-order valence-electron chi connectivity index (χ1n) is 17.1. The van der Waals surface area contributed by atoms with Gasteiger partial charge in [0.25, 0.3) is 0 Å². The molecule has 0 bridgehead atoms. The number of rotatable bonds is 10. The van der Waals surface area contributed by atoms with Gasteiger partial charge in [0.05, 0.1) is 15.8 Å². The number of amides is 1. The molecule has 19 heteroatoms. The molecule has 2 fully saturated rings. The van der Waals surface area contributed by atoms with Crippen molar-refractivity contribution in [2.75, 3.05) is 25.6 Å². The van der Waals surface area contributed by atoms with Crippen LogP contribution in [0.15, 0.2) is 91.6 Å². The number of nitrogens with two attached hydrogens (primary N) is 1. The van der Waals surface area contributed by atoms with Crippen LogP contribution in [0.1, 0.15) is 61.5 Å². The molecule has 3 atom stereocenters. The minimum atomic E-state index is -3.30. The summed E-state index contributed by atoms with van der Waals surface area (Å²) >= 11 is 0. The van der Waals surface area contributed by atoms with Crippen LogP contribution in [-0.2, 0) is 30.9 Å². The number of carbonyl (C=O) groups excluding carboxylic acids is 1. The van der Waals surface area contributed by atoms with E-state index in [1.165, 1.54) is 24.5 Å². The van der Waals surface area contributed by atoms with Crippen LogP contribution in [0.3, 0.4) is 0 Å². The second-order valence-corrected chi connectivity index (χ2v) is 17.2. The summed E-state index contributed by atoms with van der Waals surface area (Å²) in [6, 6.07) is 18.4. The Bertz CT molecular complexity index is 2270. The van der Waals surface area contributed by atoms with E-state index in [-0.39, 0.29) is 71.3 Å². The highest BCUT2D eigenvalue weighted by Gasteiger charge is 2.34. The van der Waals surface area contributed by atoms with E-state index in [1.807, 2.05) is 0 Å². The highest BCUT2D eigenvalue weighted by Crippen LogP contribution is 2.33. The standard InChI is InChI=1S/C23H25FN4O4S.C13H15N3O3S.2ClH/c1-33(30,31)18-10-8-15(9-11-18)22-26-23(32-27-22)20-7-4-12-28(20)21(29)14-17(25)13-16-5-2-3-6-19(16)24;1-20(17,18)10-6-4-9(5-7-10)12-15-13(19-16-12)11-3-2-8-14-11;;/h2-3,5-6,8-11,17,20H,4,7,12-14,25H2,1H3;4-7,11,14H,2-3,8H2,1H3;2*1H/t17-,20-;11-;;/m11../s1. The van der Waals surface area contributed by atoms with Crippen molar-refractivity contribution in [2.45, 2.75) is 66.4 Å². The molecule has 7 rings (SSSR count). The van der Waals surface area contributed by atoms with Crippen molar-refractivity contribution < 1.29 is 35.1 Å². The lowest BCUT2D eigenvalue weighted by atomic mass is 10.0. The number of aromatic nitrogens is 4. The fourth-order valence-electron chi connectivity index (χ4n) is 6.26. The van der Waals surface area contributed by atoms with Crippen LogP contribution in [0.4, 0.5) is 4.39 Å². The number of sulfone groups is 2. The highest BCUT2D eigenvalue weighted by molar-refractivity contribution is 7.91. The number of nitrogens with zero attached hydrogens (tertiary/aromatic N) is 5. The van der Waals surface area contributed by atoms with Crippen molar-refractivity contribution >= 4 is 50.4 Å². The van der Waals surface area contributed by atoms with Gasteiger partial charge in [0.15, 0.2) is 19.7 Å². The van der Waals surface area contributed by atoms with E-state index in [9.17, 15) is 26.0 Å². The maximum absolute atomic E-state index is 13.9. The minimum Gasteiger partial charge on any atom is -0.337 e. The number of benzene rings is 3. The molecular formula is C36H42Cl2FN7O7S2. The molecule has 3 N–H and O–H groups in total. The summed E-state index contributed by atoms with van der Waals surface area (Å²) in [5, 5.41) is 11.2. The van der Waals surface area contributed by atoms with Gasteiger partial charge in [0, 0.05) is 42.6 Å². The summed E-state index contributed by atoms with van der Waals surface area (Å²) in [6.07, 6.45) is 6.25. The quantitative estimate of drug-likeness (QED) is 0.183. The van der Waals surface area contributed by atoms with E-state index in [2.05, 4.69) is 25.6 Å². The van der Waals surface area contributed by atoms with Crippen LogP contribution < -0.4 is 11.1 Å². The lowest BCUT2D eigenvalue weighted by molar-refractivity contribution is -0.132. The average molecular weight is 839 g/mol. The van der Waals surface area contributed by atoms with E-state index >= 15 is 0 Å². The number of hydrogen-bond acceptors (Lipinski definition) is 13. The van der Waals surface area contributed by atoms with E-state index in [0.29, 0.717) is 47.5 Å². The molecule has 0 aliphatic carbocycles. The Kier molecular flexibility index (Phi) is 14.7. The SMILES string of the molecule is CS(=O)(=O)c1ccc(-c2noc([C@H]3CCCN3)n2)cc1.CS(=O)(=O)c1ccc(-c2noc([C@H]3CCCN3C(=O)C[C@H](N)Cc3ccccc3F)n2)cc1.Cl.Cl. The molecule has 14 nitrogen and oxygen atoms in total. The molecule has 55 heavy (non-hydrogen) atoms. The third-order valence-corrected chi connectivity index (χ3v) is 11.3. The molecule has 2 saturated heterocycles. The van der Waals surface area contributed by atoms with Gasteiger partial charge in [-0.05, 0) is 98.8 Å². The number of nitrogens with one attached hydrogen (secondary N) is 1. The molecule has 2 aliphatic heterocycles. The van der Waals surface area contributed by atoms with Crippen molar-refractivity contribution in [2.24, 2.45) is 5.73 Å². The monoisotopic (exact) mass is 837 g/mol. The third-order valence-electron chi connectivity index (χ3n) is 9.06. The first kappa shape index (κ1) is 43.5. The fourth-order valence-corrected chi connectivity index (χ4v) is 7.52. The van der Waals surface area contributed by atoms with Crippen molar-refractivity contribution in [1.29, 1.82) is 0 Å². The topological polar surface area (TPSA) is 204 Å². The Hall–Kier alpha value is -4.26. The van der Waals surface area contributed by atoms with Gasteiger partial charge in [-0.15, -0.1) is 24.8 Å². The first-order chi connectivity index (χ1) is 25.3. The Morgan fingerprint density at radius 2 is 1.38 bits per heavy atom. The van der Waals surface area contributed by atoms with Gasteiger partial charge in [-0.2, -0.15) is 9.97 Å². The summed E-state index contributed by atoms with van der Waals surface area (Å²) in [7, 11) is -6.48. The van der Waals surface area contributed by atoms with Crippen LogP contribution in [0.5, 0.6) is 0 Å². The van der Waals surface area contributed by atoms with Crippen LogP contribution >= 0.6 is 24.8 Å². The smallest absolute Gasteiger partial charge is 0.249 e. The molecule has 0 unspecified atom stereocenters. The second-order valence-electron chi connectivity index (χ2n) is 13.2. The van der Waals surface area contributed by atoms with E-state index in [1.54, 1.807) is 59.5 Å². The van der Waals surface area contributed by atoms with Gasteiger partial charge in [-0.3, -0.25) is 4.79 Å². The van der Waals surface area contributed by atoms with Gasteiger partial charge in [-0.1, -0.05) is 28.5 Å². The van der Waals surface area contributed by atoms with Crippen LogP contribution in [0.2, 0.25) is 0 Å². The van der Waals surface area contributed by atoms with Gasteiger partial charge < -0.3 is 25.0 Å². The second kappa shape index (κ2) is 18.6. The largest absolute Gasteiger partial charge is 0.337 e. The van der Waals surface area contributed by atoms with Gasteiger partial charge >= 0.3 is 0 Å². The molecule has 296 valence electrons. The molecule has 0 spiro atoms.